The second-order valence-corrected chi connectivity index (χ2v) is 3.88. The Hall–Kier alpha value is -0.300. The molecule has 0 radical (unpaired) electrons. The van der Waals surface area contributed by atoms with E-state index in [1.165, 1.54) is 32.1 Å². The largest absolute Gasteiger partial charge is 0.381 e. The standard InChI is InChI=1S/C12H22O/c1-4-10(5-2)11-8-6-7-9-12(11)13-3/h4,11-12H,5-9H2,1-3H3/b10-4-. The first kappa shape index (κ1) is 10.8. The van der Waals surface area contributed by atoms with Gasteiger partial charge in [-0.1, -0.05) is 31.4 Å². The predicted octanol–water partition coefficient (Wildman–Crippen LogP) is 3.55. The van der Waals surface area contributed by atoms with E-state index in [0.717, 1.165) is 0 Å². The average molecular weight is 182 g/mol. The van der Waals surface area contributed by atoms with E-state index >= 15 is 0 Å². The lowest BCUT2D eigenvalue weighted by atomic mass is 9.80. The Kier molecular flexibility index (Phi) is 4.51. The van der Waals surface area contributed by atoms with Crippen molar-refractivity contribution in [2.75, 3.05) is 7.11 Å². The first-order valence-electron chi connectivity index (χ1n) is 5.51. The summed E-state index contributed by atoms with van der Waals surface area (Å²) in [5, 5.41) is 0. The van der Waals surface area contributed by atoms with Crippen LogP contribution in [0.3, 0.4) is 0 Å². The van der Waals surface area contributed by atoms with Gasteiger partial charge in [0, 0.05) is 13.0 Å². The molecule has 2 unspecified atom stereocenters. The molecule has 0 aromatic rings. The fraction of sp³-hybridized carbons (Fsp3) is 0.833. The SMILES string of the molecule is C/C=C(/CC)C1CCCCC1OC. The van der Waals surface area contributed by atoms with Gasteiger partial charge in [0.2, 0.25) is 0 Å². The summed E-state index contributed by atoms with van der Waals surface area (Å²) in [7, 11) is 1.85. The van der Waals surface area contributed by atoms with E-state index < -0.39 is 0 Å². The van der Waals surface area contributed by atoms with Crippen LogP contribution in [0.15, 0.2) is 11.6 Å². The Morgan fingerprint density at radius 2 is 2.08 bits per heavy atom. The van der Waals surface area contributed by atoms with Crippen LogP contribution in [-0.4, -0.2) is 13.2 Å². The monoisotopic (exact) mass is 182 g/mol. The van der Waals surface area contributed by atoms with Crippen molar-refractivity contribution >= 4 is 0 Å². The third kappa shape index (κ3) is 2.57. The van der Waals surface area contributed by atoms with Gasteiger partial charge >= 0.3 is 0 Å². The molecule has 0 amide bonds. The van der Waals surface area contributed by atoms with Crippen molar-refractivity contribution in [2.45, 2.75) is 52.1 Å². The normalized spacial score (nSPS) is 30.5. The van der Waals surface area contributed by atoms with Crippen LogP contribution in [-0.2, 0) is 4.74 Å². The third-order valence-electron chi connectivity index (χ3n) is 3.26. The van der Waals surface area contributed by atoms with Crippen LogP contribution in [0.1, 0.15) is 46.0 Å². The summed E-state index contributed by atoms with van der Waals surface area (Å²) in [6, 6.07) is 0. The van der Waals surface area contributed by atoms with Crippen molar-refractivity contribution in [3.8, 4) is 0 Å². The zero-order valence-corrected chi connectivity index (χ0v) is 9.18. The maximum Gasteiger partial charge on any atom is 0.0636 e. The summed E-state index contributed by atoms with van der Waals surface area (Å²) in [6.07, 6.45) is 9.24. The van der Waals surface area contributed by atoms with Gasteiger partial charge in [0.05, 0.1) is 6.10 Å². The highest BCUT2D eigenvalue weighted by atomic mass is 16.5. The smallest absolute Gasteiger partial charge is 0.0636 e. The van der Waals surface area contributed by atoms with E-state index in [9.17, 15) is 0 Å². The number of methoxy groups -OCH3 is 1. The van der Waals surface area contributed by atoms with Crippen LogP contribution < -0.4 is 0 Å². The number of hydrogen-bond donors (Lipinski definition) is 0. The Bertz CT molecular complexity index is 172. The molecule has 2 atom stereocenters. The molecule has 0 aromatic heterocycles. The Morgan fingerprint density at radius 1 is 1.38 bits per heavy atom. The van der Waals surface area contributed by atoms with Crippen LogP contribution in [0.25, 0.3) is 0 Å². The van der Waals surface area contributed by atoms with Gasteiger partial charge in [0.25, 0.3) is 0 Å². The fourth-order valence-corrected chi connectivity index (χ4v) is 2.48. The first-order valence-corrected chi connectivity index (χ1v) is 5.51. The predicted molar refractivity (Wildman–Crippen MR) is 56.8 cm³/mol. The lowest BCUT2D eigenvalue weighted by molar-refractivity contribution is 0.0364. The maximum absolute atomic E-state index is 5.55. The number of rotatable bonds is 3. The summed E-state index contributed by atoms with van der Waals surface area (Å²) >= 11 is 0. The summed E-state index contributed by atoms with van der Waals surface area (Å²) in [6.45, 7) is 4.40. The van der Waals surface area contributed by atoms with E-state index in [0.29, 0.717) is 12.0 Å². The molecular formula is C12H22O. The molecular weight excluding hydrogens is 160 g/mol. The number of hydrogen-bond acceptors (Lipinski definition) is 1. The minimum atomic E-state index is 0.486. The van der Waals surface area contributed by atoms with Gasteiger partial charge < -0.3 is 4.74 Å². The van der Waals surface area contributed by atoms with Crippen molar-refractivity contribution in [3.63, 3.8) is 0 Å². The molecule has 0 heterocycles. The molecule has 13 heavy (non-hydrogen) atoms. The van der Waals surface area contributed by atoms with Gasteiger partial charge in [0.15, 0.2) is 0 Å². The molecule has 0 bridgehead atoms. The lowest BCUT2D eigenvalue weighted by Gasteiger charge is -2.32. The topological polar surface area (TPSA) is 9.23 Å². The second kappa shape index (κ2) is 5.43. The van der Waals surface area contributed by atoms with Crippen LogP contribution in [0.4, 0.5) is 0 Å². The fourth-order valence-electron chi connectivity index (χ4n) is 2.48. The van der Waals surface area contributed by atoms with Crippen molar-refractivity contribution in [1.82, 2.24) is 0 Å². The lowest BCUT2D eigenvalue weighted by Crippen LogP contribution is -2.27. The van der Waals surface area contributed by atoms with Gasteiger partial charge in [-0.3, -0.25) is 0 Å². The highest BCUT2D eigenvalue weighted by Crippen LogP contribution is 2.33. The highest BCUT2D eigenvalue weighted by Gasteiger charge is 2.26. The first-order chi connectivity index (χ1) is 6.33. The van der Waals surface area contributed by atoms with Gasteiger partial charge in [-0.2, -0.15) is 0 Å². The Morgan fingerprint density at radius 3 is 2.62 bits per heavy atom. The Labute approximate surface area is 82.2 Å². The molecule has 1 fully saturated rings. The van der Waals surface area contributed by atoms with Crippen molar-refractivity contribution in [1.29, 1.82) is 0 Å². The highest BCUT2D eigenvalue weighted by molar-refractivity contribution is 5.08. The van der Waals surface area contributed by atoms with Crippen LogP contribution in [0, 0.1) is 5.92 Å². The van der Waals surface area contributed by atoms with Crippen LogP contribution in [0.2, 0.25) is 0 Å². The zero-order chi connectivity index (χ0) is 9.68. The molecule has 0 aliphatic heterocycles. The number of allylic oxidation sites excluding steroid dienone is 1. The summed E-state index contributed by atoms with van der Waals surface area (Å²) in [4.78, 5) is 0. The minimum absolute atomic E-state index is 0.486. The van der Waals surface area contributed by atoms with E-state index in [2.05, 4.69) is 19.9 Å². The molecule has 1 aliphatic carbocycles. The molecule has 0 aromatic carbocycles. The third-order valence-corrected chi connectivity index (χ3v) is 3.26. The second-order valence-electron chi connectivity index (χ2n) is 3.88. The molecule has 1 saturated carbocycles. The quantitative estimate of drug-likeness (QED) is 0.606. The average Bonchev–Trinajstić information content (AvgIpc) is 2.20. The van der Waals surface area contributed by atoms with Crippen LogP contribution in [0.5, 0.6) is 0 Å². The van der Waals surface area contributed by atoms with E-state index in [4.69, 9.17) is 4.74 Å². The molecule has 76 valence electrons. The molecule has 0 spiro atoms. The minimum Gasteiger partial charge on any atom is -0.381 e. The van der Waals surface area contributed by atoms with Crippen molar-refractivity contribution in [3.05, 3.63) is 11.6 Å². The Balaban J connectivity index is 2.63. The molecule has 1 rings (SSSR count). The van der Waals surface area contributed by atoms with Gasteiger partial charge in [-0.05, 0) is 26.2 Å². The van der Waals surface area contributed by atoms with Crippen molar-refractivity contribution in [2.24, 2.45) is 5.92 Å². The zero-order valence-electron chi connectivity index (χ0n) is 9.18. The van der Waals surface area contributed by atoms with E-state index in [1.807, 2.05) is 7.11 Å². The van der Waals surface area contributed by atoms with Crippen molar-refractivity contribution < 1.29 is 4.74 Å². The van der Waals surface area contributed by atoms with Crippen LogP contribution >= 0.6 is 0 Å². The number of ether oxygens (including phenoxy) is 1. The molecule has 0 saturated heterocycles. The van der Waals surface area contributed by atoms with E-state index in [-0.39, 0.29) is 0 Å². The summed E-state index contributed by atoms with van der Waals surface area (Å²) < 4.78 is 5.55. The summed E-state index contributed by atoms with van der Waals surface area (Å²) in [5.74, 6) is 0.703. The molecule has 1 aliphatic rings. The van der Waals surface area contributed by atoms with Gasteiger partial charge in [-0.15, -0.1) is 0 Å². The van der Waals surface area contributed by atoms with Gasteiger partial charge in [-0.25, -0.2) is 0 Å². The maximum atomic E-state index is 5.55. The van der Waals surface area contributed by atoms with E-state index in [1.54, 1.807) is 5.57 Å². The molecule has 1 nitrogen and oxygen atoms in total. The summed E-state index contributed by atoms with van der Waals surface area (Å²) in [5.41, 5.74) is 1.59. The van der Waals surface area contributed by atoms with Gasteiger partial charge in [0.1, 0.15) is 0 Å². The molecule has 1 heteroatoms. The molecule has 0 N–H and O–H groups in total.